The highest BCUT2D eigenvalue weighted by molar-refractivity contribution is 5.82. The Balaban J connectivity index is 3.09. The van der Waals surface area contributed by atoms with Crippen LogP contribution in [0.3, 0.4) is 0 Å². The number of esters is 1. The molecule has 0 aromatic heterocycles. The van der Waals surface area contributed by atoms with Gasteiger partial charge < -0.3 is 19.9 Å². The molecule has 1 aromatic rings. The Morgan fingerprint density at radius 1 is 1.04 bits per heavy atom. The summed E-state index contributed by atoms with van der Waals surface area (Å²) in [5, 5.41) is 23.6. The van der Waals surface area contributed by atoms with E-state index in [9.17, 15) is 24.8 Å². The monoisotopic (exact) mass is 382 g/mol. The van der Waals surface area contributed by atoms with Gasteiger partial charge >= 0.3 is 12.1 Å². The second-order valence-electron chi connectivity index (χ2n) is 7.95. The lowest BCUT2D eigenvalue weighted by Gasteiger charge is -2.28. The maximum Gasteiger partial charge on any atom is 0.408 e. The van der Waals surface area contributed by atoms with Gasteiger partial charge in [0.1, 0.15) is 17.3 Å². The van der Waals surface area contributed by atoms with Crippen molar-refractivity contribution < 1.29 is 29.1 Å². The van der Waals surface area contributed by atoms with Gasteiger partial charge in [0, 0.05) is 12.1 Å². The molecule has 0 aliphatic rings. The van der Waals surface area contributed by atoms with Crippen LogP contribution in [-0.2, 0) is 14.3 Å². The molecule has 0 fully saturated rings. The molecule has 9 nitrogen and oxygen atoms in total. The lowest BCUT2D eigenvalue weighted by molar-refractivity contribution is -0.384. The van der Waals surface area contributed by atoms with E-state index in [2.05, 4.69) is 5.32 Å². The van der Waals surface area contributed by atoms with Gasteiger partial charge in [0.25, 0.3) is 5.69 Å². The summed E-state index contributed by atoms with van der Waals surface area (Å²) in [6.07, 6.45) is -2.40. The number of aliphatic hydroxyl groups excluding tert-OH is 1. The van der Waals surface area contributed by atoms with E-state index in [4.69, 9.17) is 9.47 Å². The highest BCUT2D eigenvalue weighted by Crippen LogP contribution is 2.23. The van der Waals surface area contributed by atoms with Crippen LogP contribution >= 0.6 is 0 Å². The number of ether oxygens (including phenoxy) is 2. The second kappa shape index (κ2) is 8.34. The predicted molar refractivity (Wildman–Crippen MR) is 97.1 cm³/mol. The Hall–Kier alpha value is -2.68. The smallest absolute Gasteiger partial charge is 0.408 e. The fourth-order valence-electron chi connectivity index (χ4n) is 2.05. The van der Waals surface area contributed by atoms with Crippen molar-refractivity contribution in [2.75, 3.05) is 0 Å². The number of carbonyl (C=O) groups is 2. The van der Waals surface area contributed by atoms with Crippen molar-refractivity contribution in [3.63, 3.8) is 0 Å². The maximum atomic E-state index is 12.5. The van der Waals surface area contributed by atoms with Crippen molar-refractivity contribution >= 4 is 17.7 Å². The number of amides is 1. The van der Waals surface area contributed by atoms with E-state index in [-0.39, 0.29) is 11.3 Å². The number of rotatable bonds is 5. The summed E-state index contributed by atoms with van der Waals surface area (Å²) in [4.78, 5) is 34.7. The van der Waals surface area contributed by atoms with E-state index < -0.39 is 40.3 Å². The van der Waals surface area contributed by atoms with Gasteiger partial charge in [0.2, 0.25) is 0 Å². The van der Waals surface area contributed by atoms with Gasteiger partial charge in [-0.25, -0.2) is 9.59 Å². The number of nitrogens with one attached hydrogen (secondary N) is 1. The third kappa shape index (κ3) is 7.61. The van der Waals surface area contributed by atoms with Gasteiger partial charge in [-0.15, -0.1) is 0 Å². The number of nitrogens with zero attached hydrogens (tertiary/aromatic N) is 1. The van der Waals surface area contributed by atoms with Crippen molar-refractivity contribution in [2.45, 2.75) is 64.9 Å². The van der Waals surface area contributed by atoms with Crippen LogP contribution in [0.25, 0.3) is 0 Å². The summed E-state index contributed by atoms with van der Waals surface area (Å²) in [6, 6.07) is 3.53. The molecule has 0 saturated carbocycles. The lowest BCUT2D eigenvalue weighted by atomic mass is 10.0. The van der Waals surface area contributed by atoms with Crippen molar-refractivity contribution in [3.8, 4) is 0 Å². The molecule has 9 heteroatoms. The van der Waals surface area contributed by atoms with E-state index in [1.54, 1.807) is 41.5 Å². The fraction of sp³-hybridized carbons (Fsp3) is 0.556. The van der Waals surface area contributed by atoms with Gasteiger partial charge in [-0.05, 0) is 59.2 Å². The van der Waals surface area contributed by atoms with Crippen LogP contribution in [0.5, 0.6) is 0 Å². The number of nitro benzene ring substituents is 1. The fourth-order valence-corrected chi connectivity index (χ4v) is 2.05. The quantitative estimate of drug-likeness (QED) is 0.455. The molecular formula is C18H26N2O7. The van der Waals surface area contributed by atoms with Crippen LogP contribution < -0.4 is 5.32 Å². The number of carbonyl (C=O) groups excluding carboxylic acids is 2. The molecule has 1 amide bonds. The van der Waals surface area contributed by atoms with Crippen LogP contribution in [0.1, 0.15) is 53.2 Å². The Morgan fingerprint density at radius 3 is 1.93 bits per heavy atom. The van der Waals surface area contributed by atoms with Crippen LogP contribution in [0.15, 0.2) is 24.3 Å². The van der Waals surface area contributed by atoms with Crippen molar-refractivity contribution in [1.82, 2.24) is 5.32 Å². The van der Waals surface area contributed by atoms with Gasteiger partial charge in [0.15, 0.2) is 6.04 Å². The van der Waals surface area contributed by atoms with Gasteiger partial charge in [-0.2, -0.15) is 0 Å². The van der Waals surface area contributed by atoms with Gasteiger partial charge in [-0.3, -0.25) is 10.1 Å². The topological polar surface area (TPSA) is 128 Å². The summed E-state index contributed by atoms with van der Waals surface area (Å²) in [6.45, 7) is 9.90. The average molecular weight is 382 g/mol. The minimum absolute atomic E-state index is 0.167. The van der Waals surface area contributed by atoms with Crippen LogP contribution in [0.4, 0.5) is 10.5 Å². The number of hydrogen-bond donors (Lipinski definition) is 2. The zero-order valence-corrected chi connectivity index (χ0v) is 16.3. The Labute approximate surface area is 157 Å². The first-order valence-electron chi connectivity index (χ1n) is 8.34. The average Bonchev–Trinajstić information content (AvgIpc) is 2.48. The van der Waals surface area contributed by atoms with Crippen molar-refractivity contribution in [3.05, 3.63) is 39.9 Å². The molecule has 2 N–H and O–H groups in total. The summed E-state index contributed by atoms with van der Waals surface area (Å²) in [5.74, 6) is -0.862. The molecule has 0 bridgehead atoms. The molecule has 150 valence electrons. The molecule has 1 rings (SSSR count). The standard InChI is InChI=1S/C18H26N2O7/c1-17(2,3)26-15(22)13(19-16(23)27-18(4,5)6)14(21)11-7-9-12(10-8-11)20(24)25/h7-10,13-14,21H,1-6H3,(H,19,23). The first-order valence-corrected chi connectivity index (χ1v) is 8.34. The molecule has 0 radical (unpaired) electrons. The van der Waals surface area contributed by atoms with Gasteiger partial charge in [-0.1, -0.05) is 0 Å². The summed E-state index contributed by atoms with van der Waals surface area (Å²) in [7, 11) is 0. The number of alkyl carbamates (subject to hydrolysis) is 1. The maximum absolute atomic E-state index is 12.5. The molecule has 0 aliphatic heterocycles. The summed E-state index contributed by atoms with van der Waals surface area (Å²) < 4.78 is 10.4. The summed E-state index contributed by atoms with van der Waals surface area (Å²) >= 11 is 0. The number of hydrogen-bond acceptors (Lipinski definition) is 7. The Bertz CT molecular complexity index is 687. The zero-order chi connectivity index (χ0) is 21.0. The van der Waals surface area contributed by atoms with E-state index >= 15 is 0 Å². The largest absolute Gasteiger partial charge is 0.458 e. The van der Waals surface area contributed by atoms with Crippen molar-refractivity contribution in [1.29, 1.82) is 0 Å². The summed E-state index contributed by atoms with van der Waals surface area (Å²) in [5.41, 5.74) is -1.62. The molecule has 0 heterocycles. The highest BCUT2D eigenvalue weighted by Gasteiger charge is 2.35. The van der Waals surface area contributed by atoms with E-state index in [1.807, 2.05) is 0 Å². The molecule has 2 atom stereocenters. The minimum Gasteiger partial charge on any atom is -0.458 e. The molecule has 1 aromatic carbocycles. The molecular weight excluding hydrogens is 356 g/mol. The minimum atomic E-state index is -1.49. The van der Waals surface area contributed by atoms with Crippen molar-refractivity contribution in [2.24, 2.45) is 0 Å². The van der Waals surface area contributed by atoms with Gasteiger partial charge in [0.05, 0.1) is 4.92 Å². The predicted octanol–water partition coefficient (Wildman–Crippen LogP) is 2.86. The number of benzene rings is 1. The van der Waals surface area contributed by atoms with E-state index in [1.165, 1.54) is 24.3 Å². The van der Waals surface area contributed by atoms with Crippen LogP contribution in [0, 0.1) is 10.1 Å². The third-order valence-corrected chi connectivity index (χ3v) is 3.09. The first kappa shape index (κ1) is 22.4. The number of non-ortho nitro benzene ring substituents is 1. The normalized spacial score (nSPS) is 14.0. The highest BCUT2D eigenvalue weighted by atomic mass is 16.6. The van der Waals surface area contributed by atoms with E-state index in [0.29, 0.717) is 0 Å². The SMILES string of the molecule is CC(C)(C)OC(=O)NC(C(=O)OC(C)(C)C)C(O)c1ccc([N+](=O)[O-])cc1. The van der Waals surface area contributed by atoms with Crippen LogP contribution in [-0.4, -0.2) is 39.3 Å². The molecule has 2 unspecified atom stereocenters. The Morgan fingerprint density at radius 2 is 1.52 bits per heavy atom. The molecule has 0 aliphatic carbocycles. The Kier molecular flexibility index (Phi) is 6.91. The molecule has 0 spiro atoms. The third-order valence-electron chi connectivity index (χ3n) is 3.09. The number of nitro groups is 1. The molecule has 27 heavy (non-hydrogen) atoms. The second-order valence-corrected chi connectivity index (χ2v) is 7.95. The lowest BCUT2D eigenvalue weighted by Crippen LogP contribution is -2.49. The number of aliphatic hydroxyl groups is 1. The molecule has 0 saturated heterocycles. The van der Waals surface area contributed by atoms with E-state index in [0.717, 1.165) is 0 Å². The zero-order valence-electron chi connectivity index (χ0n) is 16.3. The first-order chi connectivity index (χ1) is 12.2. The van der Waals surface area contributed by atoms with Crippen LogP contribution in [0.2, 0.25) is 0 Å².